The summed E-state index contributed by atoms with van der Waals surface area (Å²) in [4.78, 5) is 28.3. The van der Waals surface area contributed by atoms with Crippen molar-refractivity contribution >= 4 is 51.8 Å². The Hall–Kier alpha value is -3.16. The first kappa shape index (κ1) is 35.4. The standard InChI is InChI=1S/C16H13Cl2N3O3.2C3H6.C2H6.CH3F/c1-8(10-5-9(22)3-4-13(10)19-2)15(23)16(24)21-14-11(17)6-20-7-12(14)18;2*1-3-2;2*1-2/h3-7,19,22H,1H2,2H3,(H,20,21,24);2*3H,1H2,2H3;1-2H3;1H3. The van der Waals surface area contributed by atoms with Gasteiger partial charge in [0.1, 0.15) is 5.75 Å². The van der Waals surface area contributed by atoms with Crippen LogP contribution < -0.4 is 10.6 Å². The van der Waals surface area contributed by atoms with Gasteiger partial charge >= 0.3 is 0 Å². The number of ketones is 1. The van der Waals surface area contributed by atoms with E-state index in [2.05, 4.69) is 35.4 Å². The van der Waals surface area contributed by atoms with E-state index in [0.717, 1.165) is 0 Å². The molecular weight excluding hydrogens is 480 g/mol. The Balaban J connectivity index is -0.000000834. The third kappa shape index (κ3) is 12.8. The number of phenolic OH excluding ortho intramolecular Hbond substituents is 1. The first-order chi connectivity index (χ1) is 16.2. The monoisotopic (exact) mass is 513 g/mol. The molecule has 0 aliphatic heterocycles. The molecule has 0 saturated carbocycles. The number of anilines is 2. The van der Waals surface area contributed by atoms with Crippen molar-refractivity contribution in [1.29, 1.82) is 0 Å². The molecule has 0 aliphatic rings. The van der Waals surface area contributed by atoms with Gasteiger partial charge in [-0.05, 0) is 32.0 Å². The number of aromatic hydroxyl groups is 1. The second-order valence-electron chi connectivity index (χ2n) is 5.54. The van der Waals surface area contributed by atoms with Crippen LogP contribution in [0.4, 0.5) is 15.8 Å². The Morgan fingerprint density at radius 1 is 1.06 bits per heavy atom. The second kappa shape index (κ2) is 21.7. The summed E-state index contributed by atoms with van der Waals surface area (Å²) < 4.78 is 9.50. The fraction of sp³-hybridized carbons (Fsp3) is 0.240. The predicted octanol–water partition coefficient (Wildman–Crippen LogP) is 7.35. The summed E-state index contributed by atoms with van der Waals surface area (Å²) in [7, 11) is 2.14. The average Bonchev–Trinajstić information content (AvgIpc) is 2.84. The Kier molecular flexibility index (Phi) is 22.6. The van der Waals surface area contributed by atoms with Crippen molar-refractivity contribution in [2.75, 3.05) is 24.9 Å². The maximum Gasteiger partial charge on any atom is 0.296 e. The molecule has 0 radical (unpaired) electrons. The molecular formula is C25H34Cl2FN3O3. The van der Waals surface area contributed by atoms with Gasteiger partial charge in [-0.2, -0.15) is 0 Å². The number of Topliss-reactive ketones (excluding diaryl/α,β-unsaturated/α-hetero) is 1. The van der Waals surface area contributed by atoms with Gasteiger partial charge in [-0.15, -0.1) is 13.2 Å². The maximum absolute atomic E-state index is 12.3. The van der Waals surface area contributed by atoms with Gasteiger partial charge in [0.15, 0.2) is 0 Å². The largest absolute Gasteiger partial charge is 0.508 e. The van der Waals surface area contributed by atoms with E-state index in [9.17, 15) is 19.1 Å². The maximum atomic E-state index is 12.3. The number of halogens is 3. The van der Waals surface area contributed by atoms with Crippen molar-refractivity contribution in [3.8, 4) is 5.75 Å². The summed E-state index contributed by atoms with van der Waals surface area (Å²) in [5, 5.41) is 15.0. The highest BCUT2D eigenvalue weighted by molar-refractivity contribution is 6.57. The number of hydrogen-bond acceptors (Lipinski definition) is 5. The topological polar surface area (TPSA) is 91.3 Å². The van der Waals surface area contributed by atoms with E-state index in [1.54, 1.807) is 25.3 Å². The molecule has 1 heterocycles. The first-order valence-corrected chi connectivity index (χ1v) is 10.8. The van der Waals surface area contributed by atoms with Crippen molar-refractivity contribution in [2.45, 2.75) is 27.7 Å². The van der Waals surface area contributed by atoms with Crippen LogP contribution in [0.2, 0.25) is 10.0 Å². The SMILES string of the molecule is C=C(C(=O)C(=O)Nc1c(Cl)cncc1Cl)c1cc(O)ccc1NC.C=CC.C=CC.CC.CF. The first-order valence-electron chi connectivity index (χ1n) is 10.0. The molecule has 0 atom stereocenters. The third-order valence-corrected chi connectivity index (χ3v) is 3.74. The number of hydrogen-bond donors (Lipinski definition) is 3. The van der Waals surface area contributed by atoms with Crippen LogP contribution in [0.25, 0.3) is 5.57 Å². The number of nitrogens with zero attached hydrogens (tertiary/aromatic N) is 1. The van der Waals surface area contributed by atoms with Crippen molar-refractivity contribution in [3.05, 3.63) is 78.1 Å². The normalized spacial score (nSPS) is 8.26. The van der Waals surface area contributed by atoms with E-state index in [1.165, 1.54) is 24.5 Å². The van der Waals surface area contributed by atoms with Gasteiger partial charge < -0.3 is 15.7 Å². The summed E-state index contributed by atoms with van der Waals surface area (Å²) in [6, 6.07) is 4.35. The molecule has 0 saturated heterocycles. The van der Waals surface area contributed by atoms with E-state index in [0.29, 0.717) is 18.4 Å². The number of allylic oxidation sites excluding steroid dienone is 2. The van der Waals surface area contributed by atoms with Gasteiger partial charge in [-0.1, -0.05) is 55.8 Å². The minimum atomic E-state index is -0.958. The highest BCUT2D eigenvalue weighted by atomic mass is 35.5. The molecule has 188 valence electrons. The molecule has 2 aromatic rings. The number of pyridine rings is 1. The van der Waals surface area contributed by atoms with E-state index in [1.807, 2.05) is 27.7 Å². The van der Waals surface area contributed by atoms with Crippen LogP contribution in [0, 0.1) is 0 Å². The van der Waals surface area contributed by atoms with E-state index in [4.69, 9.17) is 23.2 Å². The lowest BCUT2D eigenvalue weighted by Gasteiger charge is -2.12. The molecule has 34 heavy (non-hydrogen) atoms. The van der Waals surface area contributed by atoms with Crippen LogP contribution in [0.1, 0.15) is 33.3 Å². The molecule has 9 heteroatoms. The van der Waals surface area contributed by atoms with Gasteiger partial charge in [0.05, 0.1) is 22.9 Å². The average molecular weight is 514 g/mol. The molecule has 6 nitrogen and oxygen atoms in total. The molecule has 2 rings (SSSR count). The van der Waals surface area contributed by atoms with E-state index >= 15 is 0 Å². The highest BCUT2D eigenvalue weighted by Crippen LogP contribution is 2.30. The Morgan fingerprint density at radius 2 is 1.50 bits per heavy atom. The number of aromatic nitrogens is 1. The van der Waals surface area contributed by atoms with Crippen molar-refractivity contribution < 1.29 is 19.1 Å². The number of carbonyl (C=O) groups is 2. The molecule has 0 spiro atoms. The van der Waals surface area contributed by atoms with Crippen LogP contribution >= 0.6 is 23.2 Å². The Morgan fingerprint density at radius 3 is 1.91 bits per heavy atom. The zero-order valence-electron chi connectivity index (χ0n) is 20.5. The van der Waals surface area contributed by atoms with Gasteiger partial charge in [-0.3, -0.25) is 19.0 Å². The Labute approximate surface area is 212 Å². The van der Waals surface area contributed by atoms with Crippen molar-refractivity contribution in [3.63, 3.8) is 0 Å². The van der Waals surface area contributed by atoms with Gasteiger partial charge in [0.2, 0.25) is 0 Å². The minimum absolute atomic E-state index is 0.0569. The number of alkyl halides is 1. The van der Waals surface area contributed by atoms with Crippen molar-refractivity contribution in [1.82, 2.24) is 4.98 Å². The summed E-state index contributed by atoms with van der Waals surface area (Å²) in [6.45, 7) is 18.1. The number of carbonyl (C=O) groups excluding carboxylic acids is 2. The second-order valence-corrected chi connectivity index (χ2v) is 6.35. The summed E-state index contributed by atoms with van der Waals surface area (Å²) in [5.74, 6) is -1.90. The number of nitrogens with one attached hydrogen (secondary N) is 2. The lowest BCUT2D eigenvalue weighted by atomic mass is 10.0. The van der Waals surface area contributed by atoms with Crippen molar-refractivity contribution in [2.24, 2.45) is 0 Å². The zero-order chi connectivity index (χ0) is 27.3. The van der Waals surface area contributed by atoms with Gasteiger partial charge in [0, 0.05) is 36.3 Å². The fourth-order valence-corrected chi connectivity index (χ4v) is 2.42. The quantitative estimate of drug-likeness (QED) is 0.168. The summed E-state index contributed by atoms with van der Waals surface area (Å²) in [6.07, 6.45) is 6.08. The molecule has 1 aromatic carbocycles. The summed E-state index contributed by atoms with van der Waals surface area (Å²) in [5.41, 5.74) is 0.849. The molecule has 1 aromatic heterocycles. The summed E-state index contributed by atoms with van der Waals surface area (Å²) >= 11 is 11.8. The number of benzene rings is 1. The molecule has 0 bridgehead atoms. The predicted molar refractivity (Wildman–Crippen MR) is 145 cm³/mol. The molecule has 0 aliphatic carbocycles. The van der Waals surface area contributed by atoms with Gasteiger partial charge in [0.25, 0.3) is 11.7 Å². The van der Waals surface area contributed by atoms with Crippen LogP contribution in [-0.4, -0.2) is 36.0 Å². The molecule has 1 amide bonds. The van der Waals surface area contributed by atoms with Crippen LogP contribution in [0.15, 0.2) is 62.5 Å². The van der Waals surface area contributed by atoms with Crippen LogP contribution in [-0.2, 0) is 9.59 Å². The lowest BCUT2D eigenvalue weighted by Crippen LogP contribution is -2.24. The highest BCUT2D eigenvalue weighted by Gasteiger charge is 2.22. The minimum Gasteiger partial charge on any atom is -0.508 e. The number of amides is 1. The fourth-order valence-electron chi connectivity index (χ4n) is 1.96. The number of rotatable bonds is 5. The molecule has 0 fully saturated rings. The van der Waals surface area contributed by atoms with E-state index < -0.39 is 11.7 Å². The number of phenols is 1. The lowest BCUT2D eigenvalue weighted by molar-refractivity contribution is -0.131. The van der Waals surface area contributed by atoms with Gasteiger partial charge in [-0.25, -0.2) is 0 Å². The molecule has 3 N–H and O–H groups in total. The smallest absolute Gasteiger partial charge is 0.296 e. The zero-order valence-corrected chi connectivity index (χ0v) is 22.0. The van der Waals surface area contributed by atoms with Crippen LogP contribution in [0.3, 0.4) is 0 Å². The van der Waals surface area contributed by atoms with E-state index in [-0.39, 0.29) is 27.1 Å². The third-order valence-electron chi connectivity index (χ3n) is 3.17. The molecule has 0 unspecified atom stereocenters. The Bertz CT molecular complexity index is 909. The van der Waals surface area contributed by atoms with Crippen LogP contribution in [0.5, 0.6) is 5.75 Å².